The Balaban J connectivity index is 2.03. The summed E-state index contributed by atoms with van der Waals surface area (Å²) in [5, 5.41) is 6.47. The maximum Gasteiger partial charge on any atom is 0.246 e. The van der Waals surface area contributed by atoms with E-state index >= 15 is 0 Å². The van der Waals surface area contributed by atoms with Gasteiger partial charge in [0.2, 0.25) is 15.9 Å². The van der Waals surface area contributed by atoms with Crippen molar-refractivity contribution in [3.05, 3.63) is 46.8 Å². The standard InChI is InChI=1S/C20H30N4O4S/c1-13(2)24(6)12-18-10-8-7-9-17(18)11-21-20(25)15(4)23-29(26,27)19-14(3)22-28-16(19)5/h7-10,13,15,23H,11-12H2,1-6H3,(H,21,25)/t15-/m0/s1. The van der Waals surface area contributed by atoms with Gasteiger partial charge in [0.15, 0.2) is 5.76 Å². The first-order valence-corrected chi connectivity index (χ1v) is 11.0. The van der Waals surface area contributed by atoms with Crippen LogP contribution in [-0.2, 0) is 27.9 Å². The van der Waals surface area contributed by atoms with Crippen molar-refractivity contribution in [2.75, 3.05) is 7.05 Å². The fraction of sp³-hybridized carbons (Fsp3) is 0.500. The minimum Gasteiger partial charge on any atom is -0.360 e. The number of carbonyl (C=O) groups is 1. The van der Waals surface area contributed by atoms with E-state index in [9.17, 15) is 13.2 Å². The zero-order valence-electron chi connectivity index (χ0n) is 17.8. The van der Waals surface area contributed by atoms with Crippen molar-refractivity contribution in [1.29, 1.82) is 0 Å². The highest BCUT2D eigenvalue weighted by atomic mass is 32.2. The van der Waals surface area contributed by atoms with E-state index in [1.807, 2.05) is 31.3 Å². The molecule has 29 heavy (non-hydrogen) atoms. The Morgan fingerprint density at radius 3 is 2.34 bits per heavy atom. The van der Waals surface area contributed by atoms with Gasteiger partial charge in [-0.25, -0.2) is 8.42 Å². The number of carbonyl (C=O) groups excluding carboxylic acids is 1. The van der Waals surface area contributed by atoms with Crippen LogP contribution in [0.15, 0.2) is 33.7 Å². The molecular weight excluding hydrogens is 392 g/mol. The van der Waals surface area contributed by atoms with Gasteiger partial charge in [-0.05, 0) is 52.8 Å². The molecule has 160 valence electrons. The van der Waals surface area contributed by atoms with Crippen LogP contribution in [-0.4, -0.2) is 43.5 Å². The number of rotatable bonds is 9. The van der Waals surface area contributed by atoms with E-state index < -0.39 is 22.0 Å². The van der Waals surface area contributed by atoms with Crippen molar-refractivity contribution in [1.82, 2.24) is 20.1 Å². The third-order valence-electron chi connectivity index (χ3n) is 4.83. The first kappa shape index (κ1) is 23.1. The Bertz CT molecular complexity index is 934. The molecule has 0 fully saturated rings. The van der Waals surface area contributed by atoms with Crippen molar-refractivity contribution >= 4 is 15.9 Å². The number of aryl methyl sites for hydroxylation is 2. The van der Waals surface area contributed by atoms with Gasteiger partial charge in [0.1, 0.15) is 10.6 Å². The molecule has 0 saturated carbocycles. The van der Waals surface area contributed by atoms with Crippen molar-refractivity contribution < 1.29 is 17.7 Å². The summed E-state index contributed by atoms with van der Waals surface area (Å²) in [5.74, 6) is -0.224. The molecule has 1 amide bonds. The Morgan fingerprint density at radius 2 is 1.79 bits per heavy atom. The summed E-state index contributed by atoms with van der Waals surface area (Å²) < 4.78 is 32.4. The second-order valence-electron chi connectivity index (χ2n) is 7.49. The molecular formula is C20H30N4O4S. The van der Waals surface area contributed by atoms with E-state index in [0.717, 1.165) is 17.7 Å². The molecule has 1 heterocycles. The quantitative estimate of drug-likeness (QED) is 0.641. The number of benzene rings is 1. The van der Waals surface area contributed by atoms with Gasteiger partial charge < -0.3 is 9.84 Å². The van der Waals surface area contributed by atoms with E-state index in [-0.39, 0.29) is 16.3 Å². The highest BCUT2D eigenvalue weighted by molar-refractivity contribution is 7.89. The lowest BCUT2D eigenvalue weighted by Gasteiger charge is -2.23. The maximum absolute atomic E-state index is 12.6. The van der Waals surface area contributed by atoms with Crippen LogP contribution in [0.2, 0.25) is 0 Å². The number of sulfonamides is 1. The molecule has 2 aromatic rings. The lowest BCUT2D eigenvalue weighted by Crippen LogP contribution is -2.44. The average Bonchev–Trinajstić information content (AvgIpc) is 2.99. The minimum absolute atomic E-state index is 0.0285. The lowest BCUT2D eigenvalue weighted by molar-refractivity contribution is -0.122. The predicted octanol–water partition coefficient (Wildman–Crippen LogP) is 2.11. The van der Waals surface area contributed by atoms with Crippen LogP contribution in [0.3, 0.4) is 0 Å². The molecule has 0 aliphatic carbocycles. The predicted molar refractivity (Wildman–Crippen MR) is 111 cm³/mol. The molecule has 2 rings (SSSR count). The van der Waals surface area contributed by atoms with Crippen LogP contribution in [0, 0.1) is 13.8 Å². The summed E-state index contributed by atoms with van der Waals surface area (Å²) >= 11 is 0. The maximum atomic E-state index is 12.6. The summed E-state index contributed by atoms with van der Waals surface area (Å²) in [6.45, 7) is 9.89. The molecule has 1 atom stereocenters. The second kappa shape index (κ2) is 9.51. The van der Waals surface area contributed by atoms with Gasteiger partial charge in [0.05, 0.1) is 6.04 Å². The van der Waals surface area contributed by atoms with E-state index in [1.165, 1.54) is 13.8 Å². The molecule has 0 bridgehead atoms. The van der Waals surface area contributed by atoms with Crippen molar-refractivity contribution in [2.45, 2.75) is 64.7 Å². The van der Waals surface area contributed by atoms with Gasteiger partial charge in [-0.3, -0.25) is 9.69 Å². The van der Waals surface area contributed by atoms with Gasteiger partial charge in [0, 0.05) is 19.1 Å². The summed E-state index contributed by atoms with van der Waals surface area (Å²) in [7, 11) is -1.87. The number of amides is 1. The highest BCUT2D eigenvalue weighted by Gasteiger charge is 2.28. The molecule has 0 radical (unpaired) electrons. The Labute approximate surface area is 172 Å². The SMILES string of the molecule is Cc1noc(C)c1S(=O)(=O)N[C@@H](C)C(=O)NCc1ccccc1CN(C)C(C)C. The van der Waals surface area contributed by atoms with Crippen molar-refractivity contribution in [2.24, 2.45) is 0 Å². The summed E-state index contributed by atoms with van der Waals surface area (Å²) in [4.78, 5) is 14.7. The van der Waals surface area contributed by atoms with Gasteiger partial charge in [-0.1, -0.05) is 29.4 Å². The number of nitrogens with one attached hydrogen (secondary N) is 2. The van der Waals surface area contributed by atoms with Crippen LogP contribution < -0.4 is 10.0 Å². The van der Waals surface area contributed by atoms with E-state index in [1.54, 1.807) is 6.92 Å². The molecule has 8 nitrogen and oxygen atoms in total. The summed E-state index contributed by atoms with van der Waals surface area (Å²) in [6, 6.07) is 7.33. The van der Waals surface area contributed by atoms with Crippen molar-refractivity contribution in [3.63, 3.8) is 0 Å². The topological polar surface area (TPSA) is 105 Å². The fourth-order valence-corrected chi connectivity index (χ4v) is 4.41. The smallest absolute Gasteiger partial charge is 0.246 e. The van der Waals surface area contributed by atoms with Crippen LogP contribution in [0.1, 0.15) is 43.4 Å². The largest absolute Gasteiger partial charge is 0.360 e. The molecule has 0 aliphatic rings. The van der Waals surface area contributed by atoms with Gasteiger partial charge in [-0.15, -0.1) is 0 Å². The molecule has 2 N–H and O–H groups in total. The van der Waals surface area contributed by atoms with Crippen LogP contribution in [0.4, 0.5) is 0 Å². The number of hydrogen-bond acceptors (Lipinski definition) is 6. The van der Waals surface area contributed by atoms with E-state index in [4.69, 9.17) is 4.52 Å². The Morgan fingerprint density at radius 1 is 1.17 bits per heavy atom. The summed E-state index contributed by atoms with van der Waals surface area (Å²) in [5.41, 5.74) is 2.37. The van der Waals surface area contributed by atoms with Crippen LogP contribution in [0.5, 0.6) is 0 Å². The molecule has 0 saturated heterocycles. The average molecular weight is 423 g/mol. The minimum atomic E-state index is -3.91. The number of nitrogens with zero attached hydrogens (tertiary/aromatic N) is 2. The normalized spacial score (nSPS) is 13.1. The zero-order valence-corrected chi connectivity index (χ0v) is 18.6. The molecule has 0 aliphatic heterocycles. The molecule has 0 spiro atoms. The lowest BCUT2D eigenvalue weighted by atomic mass is 10.1. The van der Waals surface area contributed by atoms with E-state index in [0.29, 0.717) is 12.6 Å². The monoisotopic (exact) mass is 422 g/mol. The first-order valence-electron chi connectivity index (χ1n) is 9.53. The van der Waals surface area contributed by atoms with Gasteiger partial charge in [-0.2, -0.15) is 4.72 Å². The number of hydrogen-bond donors (Lipinski definition) is 2. The number of aromatic nitrogens is 1. The molecule has 0 unspecified atom stereocenters. The van der Waals surface area contributed by atoms with Crippen LogP contribution in [0.25, 0.3) is 0 Å². The molecule has 9 heteroatoms. The van der Waals surface area contributed by atoms with Gasteiger partial charge in [0.25, 0.3) is 0 Å². The highest BCUT2D eigenvalue weighted by Crippen LogP contribution is 2.19. The van der Waals surface area contributed by atoms with Crippen LogP contribution >= 0.6 is 0 Å². The zero-order chi connectivity index (χ0) is 21.8. The molecule has 1 aromatic carbocycles. The third-order valence-corrected chi connectivity index (χ3v) is 6.62. The fourth-order valence-electron chi connectivity index (χ4n) is 2.87. The Hall–Kier alpha value is -2.23. The van der Waals surface area contributed by atoms with Gasteiger partial charge >= 0.3 is 0 Å². The second-order valence-corrected chi connectivity index (χ2v) is 9.14. The summed E-state index contributed by atoms with van der Waals surface area (Å²) in [6.07, 6.45) is 0. The van der Waals surface area contributed by atoms with E-state index in [2.05, 4.69) is 33.9 Å². The Kier molecular flexibility index (Phi) is 7.56. The first-order chi connectivity index (χ1) is 13.5. The van der Waals surface area contributed by atoms with Crippen molar-refractivity contribution in [3.8, 4) is 0 Å². The molecule has 1 aromatic heterocycles. The third kappa shape index (κ3) is 5.88.